The van der Waals surface area contributed by atoms with Crippen molar-refractivity contribution in [2.75, 3.05) is 12.4 Å². The van der Waals surface area contributed by atoms with Crippen molar-refractivity contribution < 1.29 is 23.5 Å². The number of anilines is 1. The highest BCUT2D eigenvalue weighted by Gasteiger charge is 2.26. The molecule has 0 saturated carbocycles. The SMILES string of the molecule is COc1ccc(C(=O)O[C@@H](C(=O)Nc2ccc(C)cc2)c2ccccc2)cc1F. The standard InChI is InChI=1S/C23H20FNO4/c1-15-8-11-18(12-9-15)25-22(26)21(16-6-4-3-5-7-16)29-23(27)17-10-13-20(28-2)19(24)14-17/h3-14,21H,1-2H3,(H,25,26)/t21-/m1/s1. The molecule has 0 heterocycles. The highest BCUT2D eigenvalue weighted by Crippen LogP contribution is 2.24. The molecule has 0 radical (unpaired) electrons. The Morgan fingerprint density at radius 2 is 1.66 bits per heavy atom. The molecule has 29 heavy (non-hydrogen) atoms. The molecule has 6 heteroatoms. The van der Waals surface area contributed by atoms with Gasteiger partial charge in [0.1, 0.15) is 0 Å². The Kier molecular flexibility index (Phi) is 6.24. The van der Waals surface area contributed by atoms with Crippen LogP contribution in [0.2, 0.25) is 0 Å². The van der Waals surface area contributed by atoms with Gasteiger partial charge in [0, 0.05) is 11.3 Å². The van der Waals surface area contributed by atoms with Crippen LogP contribution < -0.4 is 10.1 Å². The fourth-order valence-electron chi connectivity index (χ4n) is 2.71. The number of rotatable bonds is 6. The zero-order valence-electron chi connectivity index (χ0n) is 16.0. The number of aryl methyl sites for hydroxylation is 1. The molecule has 0 aliphatic rings. The second kappa shape index (κ2) is 9.01. The Bertz CT molecular complexity index is 1000. The monoisotopic (exact) mass is 393 g/mol. The molecule has 0 unspecified atom stereocenters. The first-order chi connectivity index (χ1) is 14.0. The van der Waals surface area contributed by atoms with Crippen LogP contribution in [0.4, 0.5) is 10.1 Å². The van der Waals surface area contributed by atoms with Crippen molar-refractivity contribution in [3.63, 3.8) is 0 Å². The molecule has 0 aliphatic carbocycles. The number of esters is 1. The molecule has 3 aromatic rings. The molecule has 5 nitrogen and oxygen atoms in total. The maximum absolute atomic E-state index is 13.9. The third-order valence-electron chi connectivity index (χ3n) is 4.27. The van der Waals surface area contributed by atoms with Gasteiger partial charge < -0.3 is 14.8 Å². The molecule has 1 N–H and O–H groups in total. The lowest BCUT2D eigenvalue weighted by molar-refractivity contribution is -0.125. The van der Waals surface area contributed by atoms with Crippen LogP contribution >= 0.6 is 0 Å². The van der Waals surface area contributed by atoms with E-state index in [0.717, 1.165) is 11.6 Å². The first-order valence-electron chi connectivity index (χ1n) is 8.95. The Morgan fingerprint density at radius 3 is 2.28 bits per heavy atom. The minimum Gasteiger partial charge on any atom is -0.494 e. The summed E-state index contributed by atoms with van der Waals surface area (Å²) in [6.45, 7) is 1.94. The molecule has 0 spiro atoms. The van der Waals surface area contributed by atoms with Gasteiger partial charge >= 0.3 is 5.97 Å². The summed E-state index contributed by atoms with van der Waals surface area (Å²) in [5, 5.41) is 2.74. The van der Waals surface area contributed by atoms with Gasteiger partial charge in [-0.15, -0.1) is 0 Å². The Balaban J connectivity index is 1.84. The molecule has 1 amide bonds. The predicted octanol–water partition coefficient (Wildman–Crippen LogP) is 4.68. The van der Waals surface area contributed by atoms with E-state index in [1.165, 1.54) is 19.2 Å². The van der Waals surface area contributed by atoms with Crippen molar-refractivity contribution >= 4 is 17.6 Å². The molecular formula is C23H20FNO4. The predicted molar refractivity (Wildman–Crippen MR) is 107 cm³/mol. The van der Waals surface area contributed by atoms with Gasteiger partial charge in [-0.1, -0.05) is 48.0 Å². The average Bonchev–Trinajstić information content (AvgIpc) is 2.74. The smallest absolute Gasteiger partial charge is 0.339 e. The van der Waals surface area contributed by atoms with Gasteiger partial charge in [0.15, 0.2) is 11.6 Å². The van der Waals surface area contributed by atoms with Crippen molar-refractivity contribution in [1.29, 1.82) is 0 Å². The lowest BCUT2D eigenvalue weighted by Gasteiger charge is -2.18. The number of halogens is 1. The van der Waals surface area contributed by atoms with Crippen LogP contribution in [-0.2, 0) is 9.53 Å². The largest absolute Gasteiger partial charge is 0.494 e. The van der Waals surface area contributed by atoms with Gasteiger partial charge in [0.25, 0.3) is 5.91 Å². The van der Waals surface area contributed by atoms with E-state index in [4.69, 9.17) is 9.47 Å². The van der Waals surface area contributed by atoms with Crippen LogP contribution in [0, 0.1) is 12.7 Å². The molecule has 3 rings (SSSR count). The minimum atomic E-state index is -1.20. The highest BCUT2D eigenvalue weighted by atomic mass is 19.1. The van der Waals surface area contributed by atoms with Crippen LogP contribution in [0.5, 0.6) is 5.75 Å². The third-order valence-corrected chi connectivity index (χ3v) is 4.27. The van der Waals surface area contributed by atoms with E-state index >= 15 is 0 Å². The van der Waals surface area contributed by atoms with Crippen molar-refractivity contribution in [1.82, 2.24) is 0 Å². The number of carbonyl (C=O) groups excluding carboxylic acids is 2. The number of hydrogen-bond donors (Lipinski definition) is 1. The maximum Gasteiger partial charge on any atom is 0.339 e. The minimum absolute atomic E-state index is 0.0123. The summed E-state index contributed by atoms with van der Waals surface area (Å²) in [6.07, 6.45) is -1.20. The summed E-state index contributed by atoms with van der Waals surface area (Å²) in [6, 6.07) is 19.6. The second-order valence-corrected chi connectivity index (χ2v) is 6.40. The third kappa shape index (κ3) is 4.99. The fourth-order valence-corrected chi connectivity index (χ4v) is 2.71. The van der Waals surface area contributed by atoms with Crippen molar-refractivity contribution in [3.8, 4) is 5.75 Å². The number of ether oxygens (including phenoxy) is 2. The van der Waals surface area contributed by atoms with E-state index in [2.05, 4.69) is 5.32 Å². The van der Waals surface area contributed by atoms with Crippen LogP contribution in [-0.4, -0.2) is 19.0 Å². The summed E-state index contributed by atoms with van der Waals surface area (Å²) in [4.78, 5) is 25.4. The van der Waals surface area contributed by atoms with E-state index in [1.54, 1.807) is 42.5 Å². The summed E-state index contributed by atoms with van der Waals surface area (Å²) < 4.78 is 24.2. The first-order valence-corrected chi connectivity index (χ1v) is 8.95. The van der Waals surface area contributed by atoms with Gasteiger partial charge in [-0.3, -0.25) is 4.79 Å². The summed E-state index contributed by atoms with van der Waals surface area (Å²) in [5.74, 6) is -2.01. The van der Waals surface area contributed by atoms with Crippen molar-refractivity contribution in [2.24, 2.45) is 0 Å². The normalized spacial score (nSPS) is 11.4. The van der Waals surface area contributed by atoms with E-state index in [1.807, 2.05) is 19.1 Å². The number of benzene rings is 3. The molecule has 0 aromatic heterocycles. The number of nitrogens with one attached hydrogen (secondary N) is 1. The Morgan fingerprint density at radius 1 is 0.966 bits per heavy atom. The Hall–Kier alpha value is -3.67. The molecule has 0 fully saturated rings. The van der Waals surface area contributed by atoms with E-state index < -0.39 is 23.8 Å². The van der Waals surface area contributed by atoms with E-state index in [-0.39, 0.29) is 11.3 Å². The van der Waals surface area contributed by atoms with Crippen LogP contribution in [0.25, 0.3) is 0 Å². The van der Waals surface area contributed by atoms with Crippen LogP contribution in [0.15, 0.2) is 72.8 Å². The van der Waals surface area contributed by atoms with E-state index in [0.29, 0.717) is 11.3 Å². The van der Waals surface area contributed by atoms with Crippen LogP contribution in [0.1, 0.15) is 27.6 Å². The number of carbonyl (C=O) groups is 2. The summed E-state index contributed by atoms with van der Waals surface area (Å²) >= 11 is 0. The topological polar surface area (TPSA) is 64.6 Å². The molecule has 3 aromatic carbocycles. The van der Waals surface area contributed by atoms with Gasteiger partial charge in [0.05, 0.1) is 12.7 Å². The zero-order chi connectivity index (χ0) is 20.8. The fraction of sp³-hybridized carbons (Fsp3) is 0.130. The van der Waals surface area contributed by atoms with Crippen molar-refractivity contribution in [3.05, 3.63) is 95.3 Å². The van der Waals surface area contributed by atoms with Gasteiger partial charge in [-0.05, 0) is 37.3 Å². The molecule has 148 valence electrons. The first kappa shape index (κ1) is 20.1. The highest BCUT2D eigenvalue weighted by molar-refractivity contribution is 5.98. The lowest BCUT2D eigenvalue weighted by Crippen LogP contribution is -2.26. The zero-order valence-corrected chi connectivity index (χ0v) is 16.0. The summed E-state index contributed by atoms with van der Waals surface area (Å²) in [7, 11) is 1.33. The molecule has 0 aliphatic heterocycles. The van der Waals surface area contributed by atoms with Gasteiger partial charge in [-0.2, -0.15) is 0 Å². The molecule has 1 atom stereocenters. The lowest BCUT2D eigenvalue weighted by atomic mass is 10.1. The Labute approximate surface area is 168 Å². The van der Waals surface area contributed by atoms with Gasteiger partial charge in [-0.25, -0.2) is 9.18 Å². The van der Waals surface area contributed by atoms with Crippen molar-refractivity contribution in [2.45, 2.75) is 13.0 Å². The summed E-state index contributed by atoms with van der Waals surface area (Å²) in [5.41, 5.74) is 2.11. The average molecular weight is 393 g/mol. The number of amides is 1. The second-order valence-electron chi connectivity index (χ2n) is 6.40. The molecular weight excluding hydrogens is 373 g/mol. The molecule has 0 bridgehead atoms. The number of hydrogen-bond acceptors (Lipinski definition) is 4. The maximum atomic E-state index is 13.9. The van der Waals surface area contributed by atoms with Crippen LogP contribution in [0.3, 0.4) is 0 Å². The quantitative estimate of drug-likeness (QED) is 0.618. The number of methoxy groups -OCH3 is 1. The van der Waals surface area contributed by atoms with Gasteiger partial charge in [0.2, 0.25) is 6.10 Å². The molecule has 0 saturated heterocycles. The van der Waals surface area contributed by atoms with E-state index in [9.17, 15) is 14.0 Å².